The molecule has 8 heteroatoms. The van der Waals surface area contributed by atoms with Gasteiger partial charge in [0.1, 0.15) is 5.82 Å². The quantitative estimate of drug-likeness (QED) is 0.524. The van der Waals surface area contributed by atoms with E-state index in [1.54, 1.807) is 19.1 Å². The lowest BCUT2D eigenvalue weighted by molar-refractivity contribution is -0.385. The van der Waals surface area contributed by atoms with Gasteiger partial charge >= 0.3 is 0 Å². The number of benzene rings is 1. The predicted molar refractivity (Wildman–Crippen MR) is 97.6 cm³/mol. The zero-order valence-corrected chi connectivity index (χ0v) is 14.0. The van der Waals surface area contributed by atoms with Crippen LogP contribution in [-0.2, 0) is 0 Å². The number of nitrogens with zero attached hydrogens (tertiary/aromatic N) is 2. The van der Waals surface area contributed by atoms with Crippen molar-refractivity contribution in [3.63, 3.8) is 0 Å². The van der Waals surface area contributed by atoms with E-state index in [1.807, 2.05) is 30.3 Å². The van der Waals surface area contributed by atoms with Crippen molar-refractivity contribution < 1.29 is 9.72 Å². The summed E-state index contributed by atoms with van der Waals surface area (Å²) in [6.07, 6.45) is 1.53. The topological polar surface area (TPSA) is 97.2 Å². The van der Waals surface area contributed by atoms with Crippen LogP contribution in [-0.4, -0.2) is 15.8 Å². The number of amides is 1. The molecule has 126 valence electrons. The molecule has 0 unspecified atom stereocenters. The van der Waals surface area contributed by atoms with Gasteiger partial charge in [-0.15, -0.1) is 11.3 Å². The number of carbonyl (C=O) groups is 1. The van der Waals surface area contributed by atoms with E-state index in [4.69, 9.17) is 0 Å². The normalized spacial score (nSPS) is 10.3. The highest BCUT2D eigenvalue weighted by molar-refractivity contribution is 7.14. The number of hydrogen-bond donors (Lipinski definition) is 2. The maximum atomic E-state index is 12.2. The minimum Gasteiger partial charge on any atom is -0.340 e. The summed E-state index contributed by atoms with van der Waals surface area (Å²) in [4.78, 5) is 27.6. The zero-order chi connectivity index (χ0) is 17.8. The Balaban J connectivity index is 1.68. The Bertz CT molecular complexity index is 907. The lowest BCUT2D eigenvalue weighted by Crippen LogP contribution is -2.10. The molecule has 3 rings (SSSR count). The highest BCUT2D eigenvalue weighted by Gasteiger charge is 2.19. The first kappa shape index (κ1) is 16.6. The molecule has 0 saturated heterocycles. The molecule has 2 N–H and O–H groups in total. The Morgan fingerprint density at radius 1 is 1.16 bits per heavy atom. The molecule has 1 aromatic carbocycles. The largest absolute Gasteiger partial charge is 0.340 e. The summed E-state index contributed by atoms with van der Waals surface area (Å²) < 4.78 is 0. The van der Waals surface area contributed by atoms with Gasteiger partial charge in [-0.1, -0.05) is 18.2 Å². The average molecular weight is 354 g/mol. The lowest BCUT2D eigenvalue weighted by atomic mass is 10.3. The summed E-state index contributed by atoms with van der Waals surface area (Å²) in [6, 6.07) is 14.3. The monoisotopic (exact) mass is 354 g/mol. The number of pyridine rings is 1. The molecule has 0 aliphatic heterocycles. The molecular weight excluding hydrogens is 340 g/mol. The van der Waals surface area contributed by atoms with E-state index in [2.05, 4.69) is 15.6 Å². The van der Waals surface area contributed by atoms with E-state index in [-0.39, 0.29) is 10.6 Å². The van der Waals surface area contributed by atoms with Gasteiger partial charge in [-0.3, -0.25) is 14.9 Å². The number of aryl methyl sites for hydroxylation is 1. The number of rotatable bonds is 5. The first-order valence-corrected chi connectivity index (χ1v) is 8.19. The van der Waals surface area contributed by atoms with Gasteiger partial charge in [-0.25, -0.2) is 4.98 Å². The molecule has 0 aliphatic carbocycles. The maximum absolute atomic E-state index is 12.2. The lowest BCUT2D eigenvalue weighted by Gasteiger charge is -2.07. The number of thiophene rings is 1. The van der Waals surface area contributed by atoms with Crippen molar-refractivity contribution >= 4 is 40.1 Å². The summed E-state index contributed by atoms with van der Waals surface area (Å²) in [5.41, 5.74) is 1.38. The number of carbonyl (C=O) groups excluding carboxylic acids is 1. The van der Waals surface area contributed by atoms with E-state index in [0.717, 1.165) is 17.0 Å². The van der Waals surface area contributed by atoms with Crippen LogP contribution in [0.25, 0.3) is 0 Å². The summed E-state index contributed by atoms with van der Waals surface area (Å²) in [5, 5.41) is 16.7. The van der Waals surface area contributed by atoms with Gasteiger partial charge in [0.25, 0.3) is 11.6 Å². The van der Waals surface area contributed by atoms with E-state index >= 15 is 0 Å². The summed E-state index contributed by atoms with van der Waals surface area (Å²) >= 11 is 1.09. The third kappa shape index (κ3) is 3.99. The maximum Gasteiger partial charge on any atom is 0.283 e. The number of anilines is 3. The predicted octanol–water partition coefficient (Wildman–Crippen LogP) is 4.36. The number of nitro groups is 1. The summed E-state index contributed by atoms with van der Waals surface area (Å²) in [6.45, 7) is 1.62. The van der Waals surface area contributed by atoms with Crippen molar-refractivity contribution in [3.05, 3.63) is 74.6 Å². The summed E-state index contributed by atoms with van der Waals surface area (Å²) in [7, 11) is 0. The fraction of sp³-hybridized carbons (Fsp3) is 0.0588. The van der Waals surface area contributed by atoms with Crippen molar-refractivity contribution in [2.24, 2.45) is 0 Å². The molecular formula is C17H14N4O3S. The van der Waals surface area contributed by atoms with Crippen molar-refractivity contribution in [2.75, 3.05) is 10.6 Å². The fourth-order valence-corrected chi connectivity index (χ4v) is 3.05. The van der Waals surface area contributed by atoms with Crippen LogP contribution in [0.15, 0.2) is 54.7 Å². The average Bonchev–Trinajstić information content (AvgIpc) is 3.00. The highest BCUT2D eigenvalue weighted by Crippen LogP contribution is 2.28. The van der Waals surface area contributed by atoms with Crippen LogP contribution < -0.4 is 10.6 Å². The second-order valence-corrected chi connectivity index (χ2v) is 6.44. The molecule has 25 heavy (non-hydrogen) atoms. The molecule has 1 amide bonds. The van der Waals surface area contributed by atoms with Crippen LogP contribution in [0.4, 0.5) is 22.9 Å². The molecule has 2 aromatic heterocycles. The molecule has 0 spiro atoms. The second-order valence-electron chi connectivity index (χ2n) is 5.19. The molecule has 0 radical (unpaired) electrons. The Morgan fingerprint density at radius 3 is 2.52 bits per heavy atom. The van der Waals surface area contributed by atoms with Crippen LogP contribution in [0.5, 0.6) is 0 Å². The van der Waals surface area contributed by atoms with Crippen LogP contribution in [0.2, 0.25) is 0 Å². The first-order chi connectivity index (χ1) is 12.0. The molecule has 2 heterocycles. The third-order valence-corrected chi connectivity index (χ3v) is 4.42. The smallest absolute Gasteiger partial charge is 0.283 e. The van der Waals surface area contributed by atoms with Gasteiger partial charge in [-0.2, -0.15) is 0 Å². The van der Waals surface area contributed by atoms with Crippen LogP contribution in [0.3, 0.4) is 0 Å². The van der Waals surface area contributed by atoms with E-state index in [1.165, 1.54) is 12.3 Å². The van der Waals surface area contributed by atoms with Crippen LogP contribution in [0.1, 0.15) is 14.5 Å². The third-order valence-electron chi connectivity index (χ3n) is 3.38. The molecule has 3 aromatic rings. The van der Waals surface area contributed by atoms with Crippen molar-refractivity contribution in [1.29, 1.82) is 0 Å². The molecule has 0 atom stereocenters. The van der Waals surface area contributed by atoms with Gasteiger partial charge in [0, 0.05) is 11.8 Å². The number of hydrogen-bond acceptors (Lipinski definition) is 6. The fourth-order valence-electron chi connectivity index (χ4n) is 2.17. The number of para-hydroxylation sites is 1. The zero-order valence-electron chi connectivity index (χ0n) is 13.2. The van der Waals surface area contributed by atoms with E-state index in [0.29, 0.717) is 16.4 Å². The molecule has 0 bridgehead atoms. The van der Waals surface area contributed by atoms with Gasteiger partial charge in [-0.05, 0) is 31.2 Å². The van der Waals surface area contributed by atoms with Gasteiger partial charge in [0.2, 0.25) is 0 Å². The van der Waals surface area contributed by atoms with Gasteiger partial charge in [0.05, 0.1) is 26.6 Å². The van der Waals surface area contributed by atoms with Crippen molar-refractivity contribution in [3.8, 4) is 0 Å². The molecule has 0 fully saturated rings. The minimum absolute atomic E-state index is 0.0457. The first-order valence-electron chi connectivity index (χ1n) is 7.37. The highest BCUT2D eigenvalue weighted by atomic mass is 32.1. The summed E-state index contributed by atoms with van der Waals surface area (Å²) in [5.74, 6) is 0.249. The minimum atomic E-state index is -0.492. The van der Waals surface area contributed by atoms with Gasteiger partial charge in [0.15, 0.2) is 0 Å². The number of aromatic nitrogens is 1. The van der Waals surface area contributed by atoms with Crippen molar-refractivity contribution in [1.82, 2.24) is 4.98 Å². The van der Waals surface area contributed by atoms with Crippen LogP contribution in [0, 0.1) is 17.0 Å². The Kier molecular flexibility index (Phi) is 4.71. The second kappa shape index (κ2) is 7.10. The molecule has 0 saturated carbocycles. The Morgan fingerprint density at radius 2 is 1.92 bits per heavy atom. The standard InChI is InChI=1S/C17H14N4O3S/c1-11-14(21(23)24)9-15(25-11)17(22)20-13-7-8-16(18-10-13)19-12-5-3-2-4-6-12/h2-10H,1H3,(H,18,19)(H,20,22). The van der Waals surface area contributed by atoms with Crippen LogP contribution >= 0.6 is 11.3 Å². The number of nitrogens with one attached hydrogen (secondary N) is 2. The van der Waals surface area contributed by atoms with Crippen molar-refractivity contribution in [2.45, 2.75) is 6.92 Å². The molecule has 7 nitrogen and oxygen atoms in total. The van der Waals surface area contributed by atoms with E-state index in [9.17, 15) is 14.9 Å². The Hall–Kier alpha value is -3.26. The van der Waals surface area contributed by atoms with Gasteiger partial charge < -0.3 is 10.6 Å². The van der Waals surface area contributed by atoms with E-state index < -0.39 is 10.8 Å². The Labute approximate surface area is 147 Å². The molecule has 0 aliphatic rings. The SMILES string of the molecule is Cc1sc(C(=O)Nc2ccc(Nc3ccccc3)nc2)cc1[N+](=O)[O-].